The second-order valence-corrected chi connectivity index (χ2v) is 11.2. The van der Waals surface area contributed by atoms with Crippen molar-refractivity contribution < 1.29 is 4.79 Å². The molecule has 9 heteroatoms. The number of aromatic nitrogens is 2. The maximum absolute atomic E-state index is 13.4. The molecule has 1 unspecified atom stereocenters. The van der Waals surface area contributed by atoms with Crippen molar-refractivity contribution in [2.75, 3.05) is 26.2 Å². The van der Waals surface area contributed by atoms with E-state index in [1.54, 1.807) is 0 Å². The number of carbonyl (C=O) groups excluding carboxylic acids is 1. The number of piperidine rings is 1. The summed E-state index contributed by atoms with van der Waals surface area (Å²) in [6, 6.07) is 13.1. The molecule has 3 N–H and O–H groups in total. The molecule has 37 heavy (non-hydrogen) atoms. The van der Waals surface area contributed by atoms with Crippen LogP contribution in [0.2, 0.25) is 0 Å². The first-order valence-corrected chi connectivity index (χ1v) is 14.0. The van der Waals surface area contributed by atoms with Crippen LogP contribution in [0, 0.1) is 0 Å². The van der Waals surface area contributed by atoms with E-state index in [1.165, 1.54) is 26.9 Å². The van der Waals surface area contributed by atoms with Crippen LogP contribution in [0.25, 0.3) is 15.7 Å². The lowest BCUT2D eigenvalue weighted by atomic mass is 9.96. The summed E-state index contributed by atoms with van der Waals surface area (Å²) in [6.45, 7) is 4.27. The van der Waals surface area contributed by atoms with E-state index in [9.17, 15) is 4.79 Å². The third-order valence-corrected chi connectivity index (χ3v) is 8.93. The molecule has 1 fully saturated rings. The number of nitrogens with one attached hydrogen (secondary N) is 3. The molecule has 8 nitrogen and oxygen atoms in total. The van der Waals surface area contributed by atoms with Crippen LogP contribution in [-0.2, 0) is 6.54 Å². The average molecular weight is 514 g/mol. The van der Waals surface area contributed by atoms with Gasteiger partial charge in [-0.3, -0.25) is 4.90 Å². The number of imidazole rings is 1. The summed E-state index contributed by atoms with van der Waals surface area (Å²) in [5.74, 6) is 0. The Balaban J connectivity index is 0.996. The lowest BCUT2D eigenvalue weighted by Gasteiger charge is -2.35. The molecule has 4 aromatic rings. The summed E-state index contributed by atoms with van der Waals surface area (Å²) in [5, 5.41) is 7.01. The highest BCUT2D eigenvalue weighted by molar-refractivity contribution is 7.17. The summed E-state index contributed by atoms with van der Waals surface area (Å²) >= 11 is 1.82. The number of urea groups is 1. The van der Waals surface area contributed by atoms with Crippen molar-refractivity contribution in [3.8, 4) is 0 Å². The molecular weight excluding hydrogens is 482 g/mol. The summed E-state index contributed by atoms with van der Waals surface area (Å²) in [7, 11) is 0. The Morgan fingerprint density at radius 1 is 1.19 bits per heavy atom. The van der Waals surface area contributed by atoms with Gasteiger partial charge >= 0.3 is 6.03 Å². The number of fused-ring (bicyclic) bond motifs is 2. The standard InChI is InChI=1S/C28H31N7OS/c36-28(30-21-4-3-11-33(16-21)14-20-18-37-25-6-2-1-5-22(20)25)35-12-9-24-23(17-35)27(32-31-24)19-7-8-26-29-10-13-34(26)15-19/h1-2,5-8,10,13,15,18,21,27,31-32H,3-4,9,11-12,14,16-17H2,(H,30,36)/t21-,27?/m1/s1. The zero-order valence-corrected chi connectivity index (χ0v) is 21.5. The molecule has 0 aliphatic carbocycles. The number of nitrogens with zero attached hydrogens (tertiary/aromatic N) is 4. The number of pyridine rings is 1. The number of benzene rings is 1. The minimum atomic E-state index is 0.0444. The van der Waals surface area contributed by atoms with Crippen molar-refractivity contribution in [2.24, 2.45) is 0 Å². The van der Waals surface area contributed by atoms with Crippen LogP contribution in [0.15, 0.2) is 71.6 Å². The SMILES string of the molecule is O=C(N[C@@H]1CCCN(Cc2csc3ccccc23)C1)N1CCC2=C(C1)C(c1ccc3nccn3c1)NN2. The zero-order chi connectivity index (χ0) is 24.8. The molecule has 3 aliphatic heterocycles. The zero-order valence-electron chi connectivity index (χ0n) is 20.7. The van der Waals surface area contributed by atoms with Crippen LogP contribution in [-0.4, -0.2) is 57.4 Å². The Morgan fingerprint density at radius 3 is 3.11 bits per heavy atom. The van der Waals surface area contributed by atoms with Crippen LogP contribution < -0.4 is 16.2 Å². The summed E-state index contributed by atoms with van der Waals surface area (Å²) < 4.78 is 3.38. The monoisotopic (exact) mass is 513 g/mol. The molecule has 1 saturated heterocycles. The van der Waals surface area contributed by atoms with E-state index in [1.807, 2.05) is 39.1 Å². The van der Waals surface area contributed by atoms with Gasteiger partial charge in [0, 0.05) is 67.6 Å². The number of hydrazine groups is 1. The first-order chi connectivity index (χ1) is 18.2. The van der Waals surface area contributed by atoms with Gasteiger partial charge < -0.3 is 20.0 Å². The highest BCUT2D eigenvalue weighted by atomic mass is 32.1. The van der Waals surface area contributed by atoms with Gasteiger partial charge in [0.2, 0.25) is 0 Å². The molecule has 3 aliphatic rings. The maximum atomic E-state index is 13.4. The number of likely N-dealkylation sites (tertiary alicyclic amines) is 1. The van der Waals surface area contributed by atoms with Crippen molar-refractivity contribution in [2.45, 2.75) is 37.9 Å². The van der Waals surface area contributed by atoms with E-state index in [-0.39, 0.29) is 18.1 Å². The van der Waals surface area contributed by atoms with E-state index in [0.717, 1.165) is 56.7 Å². The number of hydrogen-bond acceptors (Lipinski definition) is 6. The number of hydrogen-bond donors (Lipinski definition) is 3. The Hall–Kier alpha value is -3.40. The molecule has 190 valence electrons. The predicted octanol–water partition coefficient (Wildman–Crippen LogP) is 4.03. The fourth-order valence-corrected chi connectivity index (χ4v) is 6.94. The lowest BCUT2D eigenvalue weighted by molar-refractivity contribution is 0.164. The quantitative estimate of drug-likeness (QED) is 0.384. The third kappa shape index (κ3) is 4.37. The van der Waals surface area contributed by atoms with E-state index in [2.05, 4.69) is 68.0 Å². The first-order valence-electron chi connectivity index (χ1n) is 13.1. The number of rotatable bonds is 4. The predicted molar refractivity (Wildman–Crippen MR) is 146 cm³/mol. The number of amides is 2. The van der Waals surface area contributed by atoms with Crippen LogP contribution in [0.4, 0.5) is 4.79 Å². The van der Waals surface area contributed by atoms with Gasteiger partial charge in [-0.15, -0.1) is 11.3 Å². The summed E-state index contributed by atoms with van der Waals surface area (Å²) in [6.07, 6.45) is 8.86. The van der Waals surface area contributed by atoms with Crippen molar-refractivity contribution >= 4 is 33.1 Å². The molecule has 2 atom stereocenters. The molecular formula is C28H31N7OS. The molecule has 0 saturated carbocycles. The molecule has 6 heterocycles. The average Bonchev–Trinajstić information content (AvgIpc) is 3.67. The highest BCUT2D eigenvalue weighted by Gasteiger charge is 2.34. The molecule has 0 bridgehead atoms. The van der Waals surface area contributed by atoms with Gasteiger partial charge in [-0.1, -0.05) is 24.3 Å². The molecule has 0 spiro atoms. The second kappa shape index (κ2) is 9.48. The maximum Gasteiger partial charge on any atom is 0.317 e. The van der Waals surface area contributed by atoms with Crippen molar-refractivity contribution in [3.63, 3.8) is 0 Å². The summed E-state index contributed by atoms with van der Waals surface area (Å²) in [5.41, 5.74) is 12.7. The topological polar surface area (TPSA) is 76.9 Å². The Labute approximate surface area is 219 Å². The van der Waals surface area contributed by atoms with Crippen molar-refractivity contribution in [3.05, 3.63) is 82.8 Å². The van der Waals surface area contributed by atoms with Gasteiger partial charge in [0.05, 0.1) is 6.04 Å². The Bertz CT molecular complexity index is 1490. The van der Waals surface area contributed by atoms with Gasteiger partial charge in [-0.05, 0) is 59.0 Å². The largest absolute Gasteiger partial charge is 0.334 e. The molecule has 2 amide bonds. The lowest BCUT2D eigenvalue weighted by Crippen LogP contribution is -2.52. The van der Waals surface area contributed by atoms with E-state index in [4.69, 9.17) is 0 Å². The molecule has 0 radical (unpaired) electrons. The van der Waals surface area contributed by atoms with Gasteiger partial charge in [0.1, 0.15) is 5.65 Å². The molecule has 3 aromatic heterocycles. The van der Waals surface area contributed by atoms with Crippen LogP contribution >= 0.6 is 11.3 Å². The minimum Gasteiger partial charge on any atom is -0.334 e. The van der Waals surface area contributed by atoms with E-state index in [0.29, 0.717) is 6.54 Å². The minimum absolute atomic E-state index is 0.0444. The van der Waals surface area contributed by atoms with Crippen LogP contribution in [0.1, 0.15) is 36.4 Å². The van der Waals surface area contributed by atoms with Gasteiger partial charge in [-0.2, -0.15) is 0 Å². The number of carbonyl (C=O) groups is 1. The first kappa shape index (κ1) is 22.8. The normalized spacial score (nSPS) is 22.4. The highest BCUT2D eigenvalue weighted by Crippen LogP contribution is 2.32. The van der Waals surface area contributed by atoms with Gasteiger partial charge in [-0.25, -0.2) is 15.2 Å². The van der Waals surface area contributed by atoms with Crippen LogP contribution in [0.3, 0.4) is 0 Å². The smallest absolute Gasteiger partial charge is 0.317 e. The van der Waals surface area contributed by atoms with E-state index >= 15 is 0 Å². The molecule has 1 aromatic carbocycles. The second-order valence-electron chi connectivity index (χ2n) is 10.3. The molecule has 7 rings (SSSR count). The fraction of sp³-hybridized carbons (Fsp3) is 0.357. The summed E-state index contributed by atoms with van der Waals surface area (Å²) in [4.78, 5) is 22.2. The Kier molecular flexibility index (Phi) is 5.83. The third-order valence-electron chi connectivity index (χ3n) is 7.92. The fourth-order valence-electron chi connectivity index (χ4n) is 5.99. The van der Waals surface area contributed by atoms with Crippen LogP contribution in [0.5, 0.6) is 0 Å². The van der Waals surface area contributed by atoms with Crippen molar-refractivity contribution in [1.82, 2.24) is 35.4 Å². The number of thiophene rings is 1. The van der Waals surface area contributed by atoms with Gasteiger partial charge in [0.15, 0.2) is 0 Å². The van der Waals surface area contributed by atoms with Crippen molar-refractivity contribution in [1.29, 1.82) is 0 Å². The van der Waals surface area contributed by atoms with E-state index < -0.39 is 0 Å². The van der Waals surface area contributed by atoms with Gasteiger partial charge in [0.25, 0.3) is 0 Å². The Morgan fingerprint density at radius 2 is 2.14 bits per heavy atom.